The lowest BCUT2D eigenvalue weighted by molar-refractivity contribution is 0.0379. The van der Waals surface area contributed by atoms with E-state index in [2.05, 4.69) is 20.4 Å². The van der Waals surface area contributed by atoms with Gasteiger partial charge in [0.1, 0.15) is 0 Å². The van der Waals surface area contributed by atoms with Crippen molar-refractivity contribution in [3.8, 4) is 5.69 Å². The van der Waals surface area contributed by atoms with Gasteiger partial charge in [0.05, 0.1) is 18.3 Å². The Morgan fingerprint density at radius 1 is 1.20 bits per heavy atom. The first kappa shape index (κ1) is 13.2. The standard InChI is InChI=1S/C14H19N5O/c1-20-13-7-9-18(10-8-13)11-14-15-16-17-19(14)12-5-3-2-4-6-12/h2-6,13H,7-11H2,1H3. The van der Waals surface area contributed by atoms with Crippen molar-refractivity contribution in [2.45, 2.75) is 25.5 Å². The van der Waals surface area contributed by atoms with Gasteiger partial charge in [0.15, 0.2) is 5.82 Å². The summed E-state index contributed by atoms with van der Waals surface area (Å²) < 4.78 is 7.20. The molecule has 106 valence electrons. The van der Waals surface area contributed by atoms with E-state index in [0.717, 1.165) is 44.0 Å². The molecule has 1 saturated heterocycles. The molecule has 1 aromatic carbocycles. The molecule has 0 atom stereocenters. The highest BCUT2D eigenvalue weighted by Crippen LogP contribution is 2.15. The van der Waals surface area contributed by atoms with Crippen molar-refractivity contribution in [1.29, 1.82) is 0 Å². The van der Waals surface area contributed by atoms with Gasteiger partial charge in [0.2, 0.25) is 0 Å². The molecule has 0 bridgehead atoms. The molecule has 0 N–H and O–H groups in total. The van der Waals surface area contributed by atoms with Crippen LogP contribution in [0.25, 0.3) is 5.69 Å². The number of hydrogen-bond donors (Lipinski definition) is 0. The second-order valence-electron chi connectivity index (χ2n) is 5.05. The van der Waals surface area contributed by atoms with Crippen LogP contribution in [0.2, 0.25) is 0 Å². The molecular formula is C14H19N5O. The number of piperidine rings is 1. The molecule has 2 aromatic rings. The van der Waals surface area contributed by atoms with Gasteiger partial charge in [-0.1, -0.05) is 18.2 Å². The first-order valence-corrected chi connectivity index (χ1v) is 6.94. The van der Waals surface area contributed by atoms with Crippen LogP contribution in [0.15, 0.2) is 30.3 Å². The third-order valence-corrected chi connectivity index (χ3v) is 3.77. The molecule has 0 saturated carbocycles. The van der Waals surface area contributed by atoms with Crippen molar-refractivity contribution in [2.24, 2.45) is 0 Å². The minimum absolute atomic E-state index is 0.399. The molecule has 0 radical (unpaired) electrons. The van der Waals surface area contributed by atoms with E-state index < -0.39 is 0 Å². The Balaban J connectivity index is 1.69. The molecule has 1 aliphatic heterocycles. The molecule has 0 unspecified atom stereocenters. The number of rotatable bonds is 4. The number of nitrogens with zero attached hydrogens (tertiary/aromatic N) is 5. The van der Waals surface area contributed by atoms with Gasteiger partial charge in [-0.2, -0.15) is 4.68 Å². The number of para-hydroxylation sites is 1. The number of ether oxygens (including phenoxy) is 1. The van der Waals surface area contributed by atoms with Crippen LogP contribution in [0.5, 0.6) is 0 Å². The van der Waals surface area contributed by atoms with Gasteiger partial charge < -0.3 is 4.74 Å². The Hall–Kier alpha value is -1.79. The molecule has 0 amide bonds. The maximum absolute atomic E-state index is 5.40. The fraction of sp³-hybridized carbons (Fsp3) is 0.500. The summed E-state index contributed by atoms with van der Waals surface area (Å²) in [4.78, 5) is 2.38. The lowest BCUT2D eigenvalue weighted by Crippen LogP contribution is -2.36. The van der Waals surface area contributed by atoms with Crippen molar-refractivity contribution in [1.82, 2.24) is 25.1 Å². The molecule has 1 fully saturated rings. The van der Waals surface area contributed by atoms with Crippen molar-refractivity contribution < 1.29 is 4.74 Å². The van der Waals surface area contributed by atoms with E-state index in [1.807, 2.05) is 35.0 Å². The Morgan fingerprint density at radius 2 is 1.95 bits per heavy atom. The summed E-state index contributed by atoms with van der Waals surface area (Å²) in [5, 5.41) is 12.0. The molecular weight excluding hydrogens is 254 g/mol. The summed E-state index contributed by atoms with van der Waals surface area (Å²) >= 11 is 0. The smallest absolute Gasteiger partial charge is 0.170 e. The van der Waals surface area contributed by atoms with Crippen LogP contribution < -0.4 is 0 Å². The number of hydrogen-bond acceptors (Lipinski definition) is 5. The molecule has 2 heterocycles. The minimum Gasteiger partial charge on any atom is -0.381 e. The van der Waals surface area contributed by atoms with Gasteiger partial charge in [-0.05, 0) is 35.4 Å². The molecule has 6 heteroatoms. The number of tetrazole rings is 1. The summed E-state index contributed by atoms with van der Waals surface area (Å²) in [6.07, 6.45) is 2.55. The SMILES string of the molecule is COC1CCN(Cc2nnnn2-c2ccccc2)CC1. The van der Waals surface area contributed by atoms with E-state index in [1.165, 1.54) is 0 Å². The zero-order valence-corrected chi connectivity index (χ0v) is 11.6. The predicted octanol–water partition coefficient (Wildman–Crippen LogP) is 1.27. The second kappa shape index (κ2) is 6.11. The Kier molecular flexibility index (Phi) is 4.03. The maximum atomic E-state index is 5.40. The van der Waals surface area contributed by atoms with Gasteiger partial charge in [0, 0.05) is 20.2 Å². The fourth-order valence-electron chi connectivity index (χ4n) is 2.58. The van der Waals surface area contributed by atoms with Gasteiger partial charge in [0.25, 0.3) is 0 Å². The van der Waals surface area contributed by atoms with E-state index >= 15 is 0 Å². The topological polar surface area (TPSA) is 56.1 Å². The van der Waals surface area contributed by atoms with E-state index in [-0.39, 0.29) is 0 Å². The zero-order valence-electron chi connectivity index (χ0n) is 11.6. The van der Waals surface area contributed by atoms with Crippen molar-refractivity contribution in [2.75, 3.05) is 20.2 Å². The van der Waals surface area contributed by atoms with Crippen LogP contribution in [0.1, 0.15) is 18.7 Å². The average Bonchev–Trinajstić information content (AvgIpc) is 2.97. The number of aromatic nitrogens is 4. The molecule has 6 nitrogen and oxygen atoms in total. The number of methoxy groups -OCH3 is 1. The number of benzene rings is 1. The molecule has 0 spiro atoms. The quantitative estimate of drug-likeness (QED) is 0.839. The maximum Gasteiger partial charge on any atom is 0.170 e. The lowest BCUT2D eigenvalue weighted by atomic mass is 10.1. The predicted molar refractivity (Wildman–Crippen MR) is 74.5 cm³/mol. The Labute approximate surface area is 118 Å². The summed E-state index contributed by atoms with van der Waals surface area (Å²) in [6.45, 7) is 2.83. The largest absolute Gasteiger partial charge is 0.381 e. The summed E-state index contributed by atoms with van der Waals surface area (Å²) in [5.41, 5.74) is 0.999. The molecule has 20 heavy (non-hydrogen) atoms. The summed E-state index contributed by atoms with van der Waals surface area (Å²) in [7, 11) is 1.79. The lowest BCUT2D eigenvalue weighted by Gasteiger charge is -2.30. The third-order valence-electron chi connectivity index (χ3n) is 3.77. The zero-order chi connectivity index (χ0) is 13.8. The van der Waals surface area contributed by atoms with Crippen molar-refractivity contribution in [3.63, 3.8) is 0 Å². The highest BCUT2D eigenvalue weighted by molar-refractivity contribution is 5.30. The molecule has 1 aromatic heterocycles. The highest BCUT2D eigenvalue weighted by Gasteiger charge is 2.20. The Bertz CT molecular complexity index is 534. The number of likely N-dealkylation sites (tertiary alicyclic amines) is 1. The van der Waals surface area contributed by atoms with Gasteiger partial charge in [-0.25, -0.2) is 0 Å². The Morgan fingerprint density at radius 3 is 2.65 bits per heavy atom. The first-order chi connectivity index (χ1) is 9.86. The summed E-state index contributed by atoms with van der Waals surface area (Å²) in [5.74, 6) is 0.882. The van der Waals surface area contributed by atoms with Crippen LogP contribution in [0, 0.1) is 0 Å². The van der Waals surface area contributed by atoms with E-state index in [1.54, 1.807) is 7.11 Å². The van der Waals surface area contributed by atoms with Crippen LogP contribution in [-0.2, 0) is 11.3 Å². The van der Waals surface area contributed by atoms with Crippen LogP contribution in [0.4, 0.5) is 0 Å². The van der Waals surface area contributed by atoms with Gasteiger partial charge in [-0.15, -0.1) is 5.10 Å². The van der Waals surface area contributed by atoms with Crippen molar-refractivity contribution >= 4 is 0 Å². The second-order valence-corrected chi connectivity index (χ2v) is 5.05. The third kappa shape index (κ3) is 2.86. The normalized spacial score (nSPS) is 17.4. The van der Waals surface area contributed by atoms with Crippen LogP contribution in [0.3, 0.4) is 0 Å². The van der Waals surface area contributed by atoms with E-state index in [9.17, 15) is 0 Å². The van der Waals surface area contributed by atoms with Gasteiger partial charge in [-0.3, -0.25) is 4.90 Å². The minimum atomic E-state index is 0.399. The van der Waals surface area contributed by atoms with Gasteiger partial charge >= 0.3 is 0 Å². The monoisotopic (exact) mass is 273 g/mol. The molecule has 1 aliphatic rings. The molecule has 3 rings (SSSR count). The van der Waals surface area contributed by atoms with Crippen LogP contribution >= 0.6 is 0 Å². The summed E-state index contributed by atoms with van der Waals surface area (Å²) in [6, 6.07) is 9.99. The first-order valence-electron chi connectivity index (χ1n) is 6.94. The van der Waals surface area contributed by atoms with E-state index in [4.69, 9.17) is 4.74 Å². The van der Waals surface area contributed by atoms with Crippen molar-refractivity contribution in [3.05, 3.63) is 36.2 Å². The average molecular weight is 273 g/mol. The van der Waals surface area contributed by atoms with Crippen LogP contribution in [-0.4, -0.2) is 51.4 Å². The molecule has 0 aliphatic carbocycles. The highest BCUT2D eigenvalue weighted by atomic mass is 16.5. The van der Waals surface area contributed by atoms with E-state index in [0.29, 0.717) is 6.10 Å². The fourth-order valence-corrected chi connectivity index (χ4v) is 2.58.